The number of alkyl halides is 2. The van der Waals surface area contributed by atoms with Crippen LogP contribution >= 0.6 is 11.5 Å². The Labute approximate surface area is 118 Å². The second-order valence-electron chi connectivity index (χ2n) is 4.34. The van der Waals surface area contributed by atoms with Crippen molar-refractivity contribution in [1.82, 2.24) is 9.27 Å². The van der Waals surface area contributed by atoms with E-state index in [1.807, 2.05) is 6.07 Å². The lowest BCUT2D eigenvalue weighted by Gasteiger charge is -2.23. The molecule has 0 radical (unpaired) electrons. The van der Waals surface area contributed by atoms with Crippen LogP contribution in [0.25, 0.3) is 0 Å². The Balaban J connectivity index is 2.09. The molecule has 108 valence electrons. The number of nitriles is 1. The van der Waals surface area contributed by atoms with Gasteiger partial charge in [-0.15, -0.1) is 0 Å². The van der Waals surface area contributed by atoms with Gasteiger partial charge in [0, 0.05) is 6.54 Å². The molecule has 0 atom stereocenters. The molecule has 0 aliphatic carbocycles. The average molecular weight is 302 g/mol. The second kappa shape index (κ2) is 5.68. The zero-order valence-electron chi connectivity index (χ0n) is 10.7. The average Bonchev–Trinajstić information content (AvgIpc) is 2.61. The first kappa shape index (κ1) is 14.6. The van der Waals surface area contributed by atoms with Crippen LogP contribution in [0.4, 0.5) is 18.6 Å². The summed E-state index contributed by atoms with van der Waals surface area (Å²) < 4.78 is 35.4. The summed E-state index contributed by atoms with van der Waals surface area (Å²) >= 11 is 0.948. The van der Waals surface area contributed by atoms with E-state index in [-0.39, 0.29) is 23.7 Å². The van der Waals surface area contributed by atoms with E-state index in [2.05, 4.69) is 9.69 Å². The maximum absolute atomic E-state index is 13.4. The molecule has 0 spiro atoms. The number of nitrogens with zero attached hydrogens (tertiary/aromatic N) is 3. The van der Waals surface area contributed by atoms with Gasteiger partial charge in [-0.1, -0.05) is 0 Å². The number of ether oxygens (including phenoxy) is 1. The third-order valence-corrected chi connectivity index (χ3v) is 3.58. The smallest absolute Gasteiger partial charge is 0.322 e. The molecule has 1 aromatic heterocycles. The van der Waals surface area contributed by atoms with Crippen LogP contribution in [0.1, 0.15) is 11.3 Å². The minimum Gasteiger partial charge on any atom is -0.373 e. The Morgan fingerprint density at radius 1 is 1.65 bits per heavy atom. The molecule has 2 rings (SSSR count). The summed E-state index contributed by atoms with van der Waals surface area (Å²) in [4.78, 5) is 13.0. The molecule has 0 saturated carbocycles. The van der Waals surface area contributed by atoms with Gasteiger partial charge in [0.15, 0.2) is 0 Å². The fraction of sp³-hybridized carbons (Fsp3) is 0.545. The van der Waals surface area contributed by atoms with Gasteiger partial charge in [-0.2, -0.15) is 9.64 Å². The summed E-state index contributed by atoms with van der Waals surface area (Å²) in [5.41, 5.74) is 0.749. The Morgan fingerprint density at radius 3 is 3.10 bits per heavy atom. The SMILES string of the molecule is Cc1nsc(NC(=O)N2CCOCC(F)(F)C2)c1C#N. The molecule has 0 unspecified atom stereocenters. The van der Waals surface area contributed by atoms with Crippen LogP contribution in [0, 0.1) is 18.3 Å². The van der Waals surface area contributed by atoms with E-state index in [0.717, 1.165) is 16.4 Å². The topological polar surface area (TPSA) is 78.2 Å². The van der Waals surface area contributed by atoms with E-state index in [0.29, 0.717) is 5.69 Å². The van der Waals surface area contributed by atoms with Crippen molar-refractivity contribution in [2.75, 3.05) is 31.6 Å². The van der Waals surface area contributed by atoms with Gasteiger partial charge in [0.1, 0.15) is 23.2 Å². The van der Waals surface area contributed by atoms with Crippen molar-refractivity contribution in [2.24, 2.45) is 0 Å². The summed E-state index contributed by atoms with van der Waals surface area (Å²) in [6.45, 7) is 0.355. The number of halogens is 2. The molecule has 2 amide bonds. The molecule has 9 heteroatoms. The van der Waals surface area contributed by atoms with E-state index < -0.39 is 25.1 Å². The van der Waals surface area contributed by atoms with Crippen molar-refractivity contribution in [1.29, 1.82) is 5.26 Å². The van der Waals surface area contributed by atoms with Crippen LogP contribution < -0.4 is 5.32 Å². The number of urea groups is 1. The molecule has 1 fully saturated rings. The van der Waals surface area contributed by atoms with Crippen LogP contribution in [0.2, 0.25) is 0 Å². The molecule has 2 heterocycles. The summed E-state index contributed by atoms with van der Waals surface area (Å²) in [6.07, 6.45) is 0. The van der Waals surface area contributed by atoms with Crippen molar-refractivity contribution in [3.05, 3.63) is 11.3 Å². The largest absolute Gasteiger partial charge is 0.373 e. The van der Waals surface area contributed by atoms with Crippen molar-refractivity contribution in [3.63, 3.8) is 0 Å². The molecule has 1 aliphatic rings. The second-order valence-corrected chi connectivity index (χ2v) is 5.12. The van der Waals surface area contributed by atoms with E-state index in [4.69, 9.17) is 10.00 Å². The van der Waals surface area contributed by atoms with Crippen LogP contribution in [-0.2, 0) is 4.74 Å². The lowest BCUT2D eigenvalue weighted by Crippen LogP contribution is -2.43. The Hall–Kier alpha value is -1.79. The molecular formula is C11H12F2N4O2S. The number of nitrogens with one attached hydrogen (secondary N) is 1. The lowest BCUT2D eigenvalue weighted by atomic mass is 10.3. The van der Waals surface area contributed by atoms with Gasteiger partial charge in [-0.25, -0.2) is 13.6 Å². The zero-order valence-corrected chi connectivity index (χ0v) is 11.5. The number of aromatic nitrogens is 1. The van der Waals surface area contributed by atoms with Gasteiger partial charge >= 0.3 is 6.03 Å². The number of aryl methyl sites for hydroxylation is 1. The van der Waals surface area contributed by atoms with Crippen molar-refractivity contribution in [2.45, 2.75) is 12.8 Å². The van der Waals surface area contributed by atoms with Crippen LogP contribution in [0.5, 0.6) is 0 Å². The maximum Gasteiger partial charge on any atom is 0.322 e. The van der Waals surface area contributed by atoms with Gasteiger partial charge < -0.3 is 9.64 Å². The molecule has 6 nitrogen and oxygen atoms in total. The van der Waals surface area contributed by atoms with E-state index in [9.17, 15) is 13.6 Å². The van der Waals surface area contributed by atoms with Crippen molar-refractivity contribution < 1.29 is 18.3 Å². The quantitative estimate of drug-likeness (QED) is 0.858. The predicted molar refractivity (Wildman–Crippen MR) is 67.9 cm³/mol. The monoisotopic (exact) mass is 302 g/mol. The summed E-state index contributed by atoms with van der Waals surface area (Å²) in [5, 5.41) is 11.7. The summed E-state index contributed by atoms with van der Waals surface area (Å²) in [5.74, 6) is -3.07. The van der Waals surface area contributed by atoms with Gasteiger partial charge in [-0.05, 0) is 18.5 Å². The minimum absolute atomic E-state index is 0.0514. The Morgan fingerprint density at radius 2 is 2.40 bits per heavy atom. The molecular weight excluding hydrogens is 290 g/mol. The fourth-order valence-electron chi connectivity index (χ4n) is 1.74. The van der Waals surface area contributed by atoms with E-state index in [1.54, 1.807) is 6.92 Å². The highest BCUT2D eigenvalue weighted by Gasteiger charge is 2.36. The van der Waals surface area contributed by atoms with Crippen LogP contribution in [-0.4, -0.2) is 47.5 Å². The van der Waals surface area contributed by atoms with Gasteiger partial charge in [0.2, 0.25) is 0 Å². The molecule has 1 aliphatic heterocycles. The number of hydrogen-bond acceptors (Lipinski definition) is 5. The normalized spacial score (nSPS) is 18.2. The van der Waals surface area contributed by atoms with Crippen LogP contribution in [0.3, 0.4) is 0 Å². The molecule has 0 bridgehead atoms. The molecule has 0 aromatic carbocycles. The van der Waals surface area contributed by atoms with Crippen molar-refractivity contribution >= 4 is 22.6 Å². The van der Waals surface area contributed by atoms with E-state index >= 15 is 0 Å². The number of anilines is 1. The molecule has 1 saturated heterocycles. The highest BCUT2D eigenvalue weighted by molar-refractivity contribution is 7.10. The minimum atomic E-state index is -3.07. The number of carbonyl (C=O) groups is 1. The molecule has 1 aromatic rings. The molecule has 20 heavy (non-hydrogen) atoms. The fourth-order valence-corrected chi connectivity index (χ4v) is 2.47. The van der Waals surface area contributed by atoms with Gasteiger partial charge in [0.25, 0.3) is 5.92 Å². The standard InChI is InChI=1S/C11H12F2N4O2S/c1-7-8(4-14)9(20-16-7)15-10(18)17-2-3-19-6-11(12,13)5-17/h2-3,5-6H2,1H3,(H,15,18). The number of rotatable bonds is 1. The first-order valence-electron chi connectivity index (χ1n) is 5.81. The maximum atomic E-state index is 13.4. The highest BCUT2D eigenvalue weighted by Crippen LogP contribution is 2.25. The third kappa shape index (κ3) is 3.20. The number of hydrogen-bond donors (Lipinski definition) is 1. The number of carbonyl (C=O) groups excluding carboxylic acids is 1. The van der Waals surface area contributed by atoms with Crippen molar-refractivity contribution in [3.8, 4) is 6.07 Å². The summed E-state index contributed by atoms with van der Waals surface area (Å²) in [6, 6.07) is 1.24. The lowest BCUT2D eigenvalue weighted by molar-refractivity contribution is -0.0648. The first-order valence-corrected chi connectivity index (χ1v) is 6.58. The summed E-state index contributed by atoms with van der Waals surface area (Å²) in [7, 11) is 0. The third-order valence-electron chi connectivity index (χ3n) is 2.72. The van der Waals surface area contributed by atoms with Gasteiger partial charge in [0.05, 0.1) is 18.8 Å². The van der Waals surface area contributed by atoms with Gasteiger partial charge in [-0.3, -0.25) is 5.32 Å². The number of amides is 2. The van der Waals surface area contributed by atoms with E-state index in [1.165, 1.54) is 0 Å². The molecule has 1 N–H and O–H groups in total. The highest BCUT2D eigenvalue weighted by atomic mass is 32.1. The Bertz CT molecular complexity index is 555. The zero-order chi connectivity index (χ0) is 14.8. The van der Waals surface area contributed by atoms with Crippen LogP contribution in [0.15, 0.2) is 0 Å². The predicted octanol–water partition coefficient (Wildman–Crippen LogP) is 1.82. The Kier molecular flexibility index (Phi) is 4.15. The first-order chi connectivity index (χ1) is 9.43.